The van der Waals surface area contributed by atoms with Gasteiger partial charge in [-0.3, -0.25) is 10.1 Å². The molecule has 0 aliphatic heterocycles. The molecule has 0 atom stereocenters. The number of benzene rings is 2. The molecule has 0 aliphatic carbocycles. The van der Waals surface area contributed by atoms with Crippen molar-refractivity contribution in [3.05, 3.63) is 64.2 Å². The number of non-ortho nitro benzene ring substituents is 1. The zero-order chi connectivity index (χ0) is 14.5. The van der Waals surface area contributed by atoms with E-state index in [4.69, 9.17) is 10.5 Å². The maximum absolute atomic E-state index is 10.6. The van der Waals surface area contributed by atoms with E-state index in [2.05, 4.69) is 0 Å². The summed E-state index contributed by atoms with van der Waals surface area (Å²) in [6.07, 6.45) is 0. The maximum Gasteiger partial charge on any atom is 0.269 e. The summed E-state index contributed by atoms with van der Waals surface area (Å²) < 4.78 is 0. The first-order valence-electron chi connectivity index (χ1n) is 5.79. The molecular weight excluding hydrogens is 254 g/mol. The van der Waals surface area contributed by atoms with Gasteiger partial charge in [-0.05, 0) is 28.8 Å². The molecule has 0 radical (unpaired) electrons. The van der Waals surface area contributed by atoms with Crippen molar-refractivity contribution in [1.82, 2.24) is 0 Å². The Morgan fingerprint density at radius 1 is 0.900 bits per heavy atom. The van der Waals surface area contributed by atoms with Crippen molar-refractivity contribution < 1.29 is 4.92 Å². The van der Waals surface area contributed by atoms with Gasteiger partial charge in [0, 0.05) is 12.1 Å². The van der Waals surface area contributed by atoms with Crippen LogP contribution < -0.4 is 0 Å². The van der Waals surface area contributed by atoms with Crippen molar-refractivity contribution in [3.63, 3.8) is 0 Å². The van der Waals surface area contributed by atoms with Gasteiger partial charge in [0.15, 0.2) is 5.92 Å². The summed E-state index contributed by atoms with van der Waals surface area (Å²) in [5, 5.41) is 28.2. The number of nitrogens with zero attached hydrogens (tertiary/aromatic N) is 3. The molecule has 0 saturated heterocycles. The molecule has 2 aromatic carbocycles. The molecule has 0 aromatic heterocycles. The van der Waals surface area contributed by atoms with E-state index >= 15 is 0 Å². The third-order valence-electron chi connectivity index (χ3n) is 2.91. The molecule has 20 heavy (non-hydrogen) atoms. The van der Waals surface area contributed by atoms with Crippen LogP contribution >= 0.6 is 0 Å². The molecule has 0 bridgehead atoms. The number of hydrogen-bond acceptors (Lipinski definition) is 4. The summed E-state index contributed by atoms with van der Waals surface area (Å²) in [7, 11) is 0. The van der Waals surface area contributed by atoms with Crippen molar-refractivity contribution in [1.29, 1.82) is 10.5 Å². The van der Waals surface area contributed by atoms with Crippen molar-refractivity contribution in [2.75, 3.05) is 0 Å². The van der Waals surface area contributed by atoms with Crippen molar-refractivity contribution >= 4 is 5.69 Å². The Kier molecular flexibility index (Phi) is 3.74. The van der Waals surface area contributed by atoms with Gasteiger partial charge < -0.3 is 0 Å². The van der Waals surface area contributed by atoms with Crippen molar-refractivity contribution in [2.45, 2.75) is 5.92 Å². The number of nitriles is 2. The largest absolute Gasteiger partial charge is 0.269 e. The van der Waals surface area contributed by atoms with Crippen LogP contribution in [0.1, 0.15) is 11.5 Å². The van der Waals surface area contributed by atoms with Gasteiger partial charge in [0.25, 0.3) is 5.69 Å². The number of nitro groups is 1. The Morgan fingerprint density at radius 2 is 1.35 bits per heavy atom. The Hall–Kier alpha value is -3.18. The zero-order valence-electron chi connectivity index (χ0n) is 10.4. The van der Waals surface area contributed by atoms with E-state index < -0.39 is 10.8 Å². The van der Waals surface area contributed by atoms with Crippen LogP contribution in [0.4, 0.5) is 5.69 Å². The summed E-state index contributed by atoms with van der Waals surface area (Å²) in [4.78, 5) is 10.1. The van der Waals surface area contributed by atoms with Crippen LogP contribution in [0.15, 0.2) is 48.5 Å². The van der Waals surface area contributed by atoms with Crippen LogP contribution in [0.25, 0.3) is 11.1 Å². The zero-order valence-corrected chi connectivity index (χ0v) is 10.4. The quantitative estimate of drug-likeness (QED) is 0.626. The average molecular weight is 263 g/mol. The van der Waals surface area contributed by atoms with Gasteiger partial charge in [0.05, 0.1) is 17.1 Å². The topological polar surface area (TPSA) is 90.7 Å². The standard InChI is InChI=1S/C15H9N3O2/c16-9-14(10-17)13-3-1-11(2-4-13)12-5-7-15(8-6-12)18(19)20/h1-8,14H. The first kappa shape index (κ1) is 13.3. The lowest BCUT2D eigenvalue weighted by molar-refractivity contribution is -0.384. The van der Waals surface area contributed by atoms with Gasteiger partial charge in [0.1, 0.15) is 0 Å². The average Bonchev–Trinajstić information content (AvgIpc) is 2.49. The highest BCUT2D eigenvalue weighted by atomic mass is 16.6. The lowest BCUT2D eigenvalue weighted by Gasteiger charge is -2.04. The van der Waals surface area contributed by atoms with Gasteiger partial charge >= 0.3 is 0 Å². The minimum absolute atomic E-state index is 0.0411. The summed E-state index contributed by atoms with van der Waals surface area (Å²) in [6, 6.07) is 17.0. The minimum Gasteiger partial charge on any atom is -0.258 e. The van der Waals surface area contributed by atoms with Crippen molar-refractivity contribution in [2.24, 2.45) is 0 Å². The van der Waals surface area contributed by atoms with E-state index in [1.54, 1.807) is 36.4 Å². The van der Waals surface area contributed by atoms with E-state index in [1.807, 2.05) is 12.1 Å². The first-order valence-corrected chi connectivity index (χ1v) is 5.79. The van der Waals surface area contributed by atoms with Gasteiger partial charge in [-0.15, -0.1) is 0 Å². The van der Waals surface area contributed by atoms with Gasteiger partial charge in [-0.25, -0.2) is 0 Å². The summed E-state index contributed by atoms with van der Waals surface area (Å²) >= 11 is 0. The minimum atomic E-state index is -0.777. The molecule has 0 fully saturated rings. The highest BCUT2D eigenvalue weighted by molar-refractivity contribution is 5.65. The fraction of sp³-hybridized carbons (Fsp3) is 0.0667. The molecule has 0 unspecified atom stereocenters. The molecule has 0 aliphatic rings. The molecule has 0 heterocycles. The monoisotopic (exact) mass is 263 g/mol. The third kappa shape index (κ3) is 2.63. The van der Waals surface area contributed by atoms with E-state index in [0.717, 1.165) is 11.1 Å². The SMILES string of the molecule is N#CC(C#N)c1ccc(-c2ccc([N+](=O)[O-])cc2)cc1. The Morgan fingerprint density at radius 3 is 1.75 bits per heavy atom. The molecule has 5 heteroatoms. The molecule has 2 aromatic rings. The normalized spacial score (nSPS) is 9.75. The first-order chi connectivity index (χ1) is 9.65. The summed E-state index contributed by atoms with van der Waals surface area (Å²) in [5.74, 6) is -0.777. The molecule has 5 nitrogen and oxygen atoms in total. The second kappa shape index (κ2) is 5.64. The van der Waals surface area contributed by atoms with E-state index in [0.29, 0.717) is 5.56 Å². The number of hydrogen-bond donors (Lipinski definition) is 0. The van der Waals surface area contributed by atoms with E-state index in [1.165, 1.54) is 12.1 Å². The van der Waals surface area contributed by atoms with Crippen molar-refractivity contribution in [3.8, 4) is 23.3 Å². The second-order valence-electron chi connectivity index (χ2n) is 4.12. The lowest BCUT2D eigenvalue weighted by Crippen LogP contribution is -1.91. The number of nitro benzene ring substituents is 1. The van der Waals surface area contributed by atoms with Crippen LogP contribution in [0.2, 0.25) is 0 Å². The lowest BCUT2D eigenvalue weighted by atomic mass is 9.98. The smallest absolute Gasteiger partial charge is 0.258 e. The number of rotatable bonds is 3. The van der Waals surface area contributed by atoms with Crippen LogP contribution in [0.3, 0.4) is 0 Å². The predicted octanol–water partition coefficient (Wildman–Crippen LogP) is 3.39. The second-order valence-corrected chi connectivity index (χ2v) is 4.12. The van der Waals surface area contributed by atoms with Gasteiger partial charge in [-0.1, -0.05) is 24.3 Å². The Labute approximate surface area is 115 Å². The summed E-state index contributed by atoms with van der Waals surface area (Å²) in [6.45, 7) is 0. The predicted molar refractivity (Wildman–Crippen MR) is 72.5 cm³/mol. The molecule has 0 amide bonds. The van der Waals surface area contributed by atoms with Crippen LogP contribution in [-0.4, -0.2) is 4.92 Å². The van der Waals surface area contributed by atoms with Crippen LogP contribution in [0.5, 0.6) is 0 Å². The van der Waals surface area contributed by atoms with Gasteiger partial charge in [0.2, 0.25) is 0 Å². The Bertz CT molecular complexity index is 693. The third-order valence-corrected chi connectivity index (χ3v) is 2.91. The van der Waals surface area contributed by atoms with Crippen LogP contribution in [0, 0.1) is 32.8 Å². The van der Waals surface area contributed by atoms with E-state index in [-0.39, 0.29) is 5.69 Å². The maximum atomic E-state index is 10.6. The molecule has 0 spiro atoms. The van der Waals surface area contributed by atoms with Gasteiger partial charge in [-0.2, -0.15) is 10.5 Å². The fourth-order valence-electron chi connectivity index (χ4n) is 1.82. The molecule has 2 rings (SSSR count). The van der Waals surface area contributed by atoms with E-state index in [9.17, 15) is 10.1 Å². The Balaban J connectivity index is 2.29. The molecular formula is C15H9N3O2. The highest BCUT2D eigenvalue weighted by Crippen LogP contribution is 2.24. The molecule has 0 N–H and O–H groups in total. The molecule has 0 saturated carbocycles. The highest BCUT2D eigenvalue weighted by Gasteiger charge is 2.09. The fourth-order valence-corrected chi connectivity index (χ4v) is 1.82. The summed E-state index contributed by atoms with van der Waals surface area (Å²) in [5.41, 5.74) is 2.39. The van der Waals surface area contributed by atoms with Crippen LogP contribution in [-0.2, 0) is 0 Å². The molecule has 96 valence electrons.